The molecular weight excluding hydrogens is 616 g/mol. The van der Waals surface area contributed by atoms with Crippen LogP contribution in [0, 0.1) is 0 Å². The summed E-state index contributed by atoms with van der Waals surface area (Å²) in [7, 11) is -5.48. The second-order valence-electron chi connectivity index (χ2n) is 11.8. The first-order valence-corrected chi connectivity index (χ1v) is 20.3. The summed E-state index contributed by atoms with van der Waals surface area (Å²) in [5, 5.41) is 5.55. The summed E-state index contributed by atoms with van der Waals surface area (Å²) < 4.78 is 28.8. The fourth-order valence-electron chi connectivity index (χ4n) is 5.91. The van der Waals surface area contributed by atoms with E-state index >= 15 is 0 Å². The highest BCUT2D eigenvalue weighted by molar-refractivity contribution is 8.01. The summed E-state index contributed by atoms with van der Waals surface area (Å²) in [6, 6.07) is 52.2. The molecule has 0 aliphatic rings. The maximum absolute atomic E-state index is 11.9. The molecule has 0 atom stereocenters. The Morgan fingerprint density at radius 2 is 0.723 bits per heavy atom. The fraction of sp³-hybridized carbons (Fsp3) is 0.286. The molecule has 0 unspecified atom stereocenters. The van der Waals surface area contributed by atoms with Gasteiger partial charge in [-0.3, -0.25) is 4.18 Å². The van der Waals surface area contributed by atoms with Gasteiger partial charge < -0.3 is 0 Å². The molecule has 0 fully saturated rings. The molecular formula is C42H50O3PS+. The summed E-state index contributed by atoms with van der Waals surface area (Å²) in [6.07, 6.45) is 12.3. The van der Waals surface area contributed by atoms with Crippen molar-refractivity contribution in [3.05, 3.63) is 152 Å². The van der Waals surface area contributed by atoms with Crippen molar-refractivity contribution in [2.45, 2.75) is 76.0 Å². The van der Waals surface area contributed by atoms with Gasteiger partial charge in [0.1, 0.15) is 28.5 Å². The Hall–Kier alpha value is -3.56. The van der Waals surface area contributed by atoms with Crippen molar-refractivity contribution >= 4 is 38.6 Å². The normalized spacial score (nSPS) is 11.4. The highest BCUT2D eigenvalue weighted by Crippen LogP contribution is 2.54. The predicted octanol–water partition coefficient (Wildman–Crippen LogP) is 9.62. The van der Waals surface area contributed by atoms with Crippen LogP contribution in [0.4, 0.5) is 0 Å². The van der Waals surface area contributed by atoms with Crippen LogP contribution in [0.1, 0.15) is 71.1 Å². The van der Waals surface area contributed by atoms with Gasteiger partial charge in [0.05, 0.1) is 11.5 Å². The average Bonchev–Trinajstić information content (AvgIpc) is 3.13. The maximum atomic E-state index is 11.9. The van der Waals surface area contributed by atoms with Crippen molar-refractivity contribution in [2.24, 2.45) is 0 Å². The van der Waals surface area contributed by atoms with Gasteiger partial charge in [-0.15, -0.1) is 0 Å². The number of hydrogen-bond acceptors (Lipinski definition) is 3. The quantitative estimate of drug-likeness (QED) is 0.0565. The molecule has 246 valence electrons. The van der Waals surface area contributed by atoms with Crippen LogP contribution < -0.4 is 21.2 Å². The Morgan fingerprint density at radius 3 is 1.06 bits per heavy atom. The molecule has 5 rings (SSSR count). The largest absolute Gasteiger partial charge is 0.296 e. The van der Waals surface area contributed by atoms with Gasteiger partial charge in [0.2, 0.25) is 0 Å². The van der Waals surface area contributed by atoms with Gasteiger partial charge in [0, 0.05) is 0 Å². The molecule has 5 aromatic carbocycles. The minimum Gasteiger partial charge on any atom is -0.266 e. The molecule has 0 radical (unpaired) electrons. The van der Waals surface area contributed by atoms with Crippen molar-refractivity contribution in [3.8, 4) is 0 Å². The van der Waals surface area contributed by atoms with Crippen molar-refractivity contribution < 1.29 is 12.6 Å². The zero-order chi connectivity index (χ0) is 33.0. The molecule has 0 spiro atoms. The van der Waals surface area contributed by atoms with Gasteiger partial charge in [-0.1, -0.05) is 156 Å². The first-order valence-electron chi connectivity index (χ1n) is 17.1. The first-order chi connectivity index (χ1) is 23.1. The Morgan fingerprint density at radius 1 is 0.426 bits per heavy atom. The number of unbranched alkanes of at least 4 members (excludes halogenated alkanes) is 9. The maximum Gasteiger partial charge on any atom is 0.296 e. The molecule has 0 saturated carbocycles. The van der Waals surface area contributed by atoms with E-state index in [1.807, 2.05) is 0 Å². The minimum absolute atomic E-state index is 0.238. The summed E-state index contributed by atoms with van der Waals surface area (Å²) in [4.78, 5) is 0.238. The second kappa shape index (κ2) is 20.0. The first kappa shape index (κ1) is 36.3. The smallest absolute Gasteiger partial charge is 0.266 e. The van der Waals surface area contributed by atoms with Gasteiger partial charge >= 0.3 is 0 Å². The Bertz CT molecular complexity index is 1470. The minimum atomic E-state index is -3.57. The molecule has 0 N–H and O–H groups in total. The molecule has 0 bridgehead atoms. The molecule has 0 aliphatic heterocycles. The number of rotatable bonds is 17. The molecule has 0 aromatic heterocycles. The van der Waals surface area contributed by atoms with Crippen LogP contribution in [0.25, 0.3) is 0 Å². The van der Waals surface area contributed by atoms with Crippen molar-refractivity contribution in [3.63, 3.8) is 0 Å². The third-order valence-electron chi connectivity index (χ3n) is 8.34. The van der Waals surface area contributed by atoms with Crippen LogP contribution >= 0.6 is 7.26 Å². The van der Waals surface area contributed by atoms with E-state index in [4.69, 9.17) is 4.18 Å². The van der Waals surface area contributed by atoms with E-state index in [1.165, 1.54) is 72.6 Å². The van der Waals surface area contributed by atoms with E-state index in [-0.39, 0.29) is 11.5 Å². The van der Waals surface area contributed by atoms with E-state index in [9.17, 15) is 8.42 Å². The van der Waals surface area contributed by atoms with Crippen LogP contribution in [0.2, 0.25) is 0 Å². The molecule has 0 aliphatic carbocycles. The highest BCUT2D eigenvalue weighted by atomic mass is 32.2. The summed E-state index contributed by atoms with van der Waals surface area (Å²) in [5.74, 6) is 0. The fourth-order valence-corrected chi connectivity index (χ4v) is 11.1. The molecule has 0 amide bonds. The Labute approximate surface area is 284 Å². The van der Waals surface area contributed by atoms with Gasteiger partial charge in [-0.2, -0.15) is 8.42 Å². The summed E-state index contributed by atoms with van der Waals surface area (Å²) >= 11 is 0. The SMILES string of the molecule is CCCCCCCCCCCCOS(=O)(=O)c1ccccc1.c1ccc([P+](c2ccccc2)(c2ccccc2)c2ccccc2)cc1. The summed E-state index contributed by atoms with van der Waals surface area (Å²) in [6.45, 7) is 2.52. The van der Waals surface area contributed by atoms with E-state index in [2.05, 4.69) is 128 Å². The second-order valence-corrected chi connectivity index (χ2v) is 16.8. The van der Waals surface area contributed by atoms with E-state index in [1.54, 1.807) is 30.3 Å². The highest BCUT2D eigenvalue weighted by Gasteiger charge is 2.47. The zero-order valence-electron chi connectivity index (χ0n) is 27.8. The van der Waals surface area contributed by atoms with Crippen LogP contribution in [0.5, 0.6) is 0 Å². The predicted molar refractivity (Wildman–Crippen MR) is 203 cm³/mol. The molecule has 3 nitrogen and oxygen atoms in total. The average molecular weight is 666 g/mol. The van der Waals surface area contributed by atoms with Crippen LogP contribution in [-0.4, -0.2) is 15.0 Å². The number of hydrogen-bond donors (Lipinski definition) is 0. The summed E-state index contributed by atoms with van der Waals surface area (Å²) in [5.41, 5.74) is 0. The molecule has 47 heavy (non-hydrogen) atoms. The third kappa shape index (κ3) is 10.7. The van der Waals surface area contributed by atoms with Crippen molar-refractivity contribution in [1.82, 2.24) is 0 Å². The van der Waals surface area contributed by atoms with Gasteiger partial charge in [-0.05, 0) is 67.1 Å². The molecule has 5 heteroatoms. The van der Waals surface area contributed by atoms with Gasteiger partial charge in [0.25, 0.3) is 10.1 Å². The van der Waals surface area contributed by atoms with Crippen LogP contribution in [0.15, 0.2) is 157 Å². The standard InChI is InChI=1S/C24H20P.C18H30O3S/c1-5-13-21(14-6-1)25(22-15-7-2-8-16-22,23-17-9-3-10-18-23)24-19-11-4-12-20-24;1-2-3-4-5-6-7-8-9-10-14-17-21-22(19,20)18-15-12-11-13-16-18/h1-20H;11-13,15-16H,2-10,14,17H2,1H3/q+1;. The number of benzene rings is 5. The van der Waals surface area contributed by atoms with Crippen molar-refractivity contribution in [1.29, 1.82) is 0 Å². The van der Waals surface area contributed by atoms with Crippen molar-refractivity contribution in [2.75, 3.05) is 6.61 Å². The lowest BCUT2D eigenvalue weighted by atomic mass is 10.1. The third-order valence-corrected chi connectivity index (χ3v) is 14.0. The van der Waals surface area contributed by atoms with Crippen LogP contribution in [0.3, 0.4) is 0 Å². The van der Waals surface area contributed by atoms with E-state index in [0.717, 1.165) is 12.8 Å². The lowest BCUT2D eigenvalue weighted by Gasteiger charge is -2.27. The topological polar surface area (TPSA) is 43.4 Å². The van der Waals surface area contributed by atoms with Crippen LogP contribution in [-0.2, 0) is 14.3 Å². The molecule has 0 heterocycles. The molecule has 0 saturated heterocycles. The zero-order valence-corrected chi connectivity index (χ0v) is 29.5. The molecule has 5 aromatic rings. The van der Waals surface area contributed by atoms with Gasteiger partial charge in [0.15, 0.2) is 0 Å². The van der Waals surface area contributed by atoms with E-state index in [0.29, 0.717) is 0 Å². The van der Waals surface area contributed by atoms with Gasteiger partial charge in [-0.25, -0.2) is 0 Å². The lowest BCUT2D eigenvalue weighted by Crippen LogP contribution is -2.38. The Balaban J connectivity index is 0.000000215. The Kier molecular flexibility index (Phi) is 15.4. The lowest BCUT2D eigenvalue weighted by molar-refractivity contribution is 0.306. The van der Waals surface area contributed by atoms with E-state index < -0.39 is 17.4 Å². The monoisotopic (exact) mass is 665 g/mol.